The van der Waals surface area contributed by atoms with Gasteiger partial charge in [-0.25, -0.2) is 9.97 Å². The Morgan fingerprint density at radius 3 is 2.32 bits per heavy atom. The SMILES string of the molecule is CC(C)NCc1cnc(N(CC2CC2)C(C)C)nc1. The van der Waals surface area contributed by atoms with Crippen molar-refractivity contribution in [3.05, 3.63) is 18.0 Å². The third-order valence-electron chi connectivity index (χ3n) is 3.44. The zero-order valence-corrected chi connectivity index (χ0v) is 12.6. The second kappa shape index (κ2) is 6.33. The molecule has 1 fully saturated rings. The monoisotopic (exact) mass is 262 g/mol. The van der Waals surface area contributed by atoms with E-state index in [2.05, 4.69) is 47.9 Å². The lowest BCUT2D eigenvalue weighted by atomic mass is 10.3. The Balaban J connectivity index is 1.98. The molecular weight excluding hydrogens is 236 g/mol. The molecule has 1 heterocycles. The fraction of sp³-hybridized carbons (Fsp3) is 0.733. The Morgan fingerprint density at radius 1 is 1.21 bits per heavy atom. The predicted molar refractivity (Wildman–Crippen MR) is 79.2 cm³/mol. The summed E-state index contributed by atoms with van der Waals surface area (Å²) < 4.78 is 0. The molecule has 1 aromatic rings. The van der Waals surface area contributed by atoms with Crippen molar-refractivity contribution in [2.75, 3.05) is 11.4 Å². The van der Waals surface area contributed by atoms with Crippen LogP contribution in [0.1, 0.15) is 46.1 Å². The fourth-order valence-corrected chi connectivity index (χ4v) is 2.01. The van der Waals surface area contributed by atoms with Crippen molar-refractivity contribution in [3.63, 3.8) is 0 Å². The third-order valence-corrected chi connectivity index (χ3v) is 3.44. The van der Waals surface area contributed by atoms with Crippen molar-refractivity contribution in [2.45, 2.75) is 59.2 Å². The summed E-state index contributed by atoms with van der Waals surface area (Å²) in [4.78, 5) is 11.4. The third kappa shape index (κ3) is 4.46. The van der Waals surface area contributed by atoms with Crippen molar-refractivity contribution >= 4 is 5.95 Å². The van der Waals surface area contributed by atoms with Gasteiger partial charge in [-0.2, -0.15) is 0 Å². The molecule has 19 heavy (non-hydrogen) atoms. The van der Waals surface area contributed by atoms with E-state index in [0.717, 1.165) is 30.5 Å². The minimum atomic E-state index is 0.459. The molecule has 0 atom stereocenters. The first-order valence-corrected chi connectivity index (χ1v) is 7.37. The zero-order valence-electron chi connectivity index (χ0n) is 12.6. The highest BCUT2D eigenvalue weighted by molar-refractivity contribution is 5.31. The van der Waals surface area contributed by atoms with E-state index in [1.54, 1.807) is 0 Å². The number of aromatic nitrogens is 2. The molecule has 1 saturated carbocycles. The van der Waals surface area contributed by atoms with Crippen molar-refractivity contribution in [3.8, 4) is 0 Å². The number of hydrogen-bond acceptors (Lipinski definition) is 4. The second-order valence-corrected chi connectivity index (χ2v) is 6.12. The van der Waals surface area contributed by atoms with Crippen LogP contribution < -0.4 is 10.2 Å². The lowest BCUT2D eigenvalue weighted by molar-refractivity contribution is 0.585. The number of hydrogen-bond donors (Lipinski definition) is 1. The lowest BCUT2D eigenvalue weighted by Crippen LogP contribution is -2.34. The molecule has 4 heteroatoms. The Kier molecular flexibility index (Phi) is 4.75. The average Bonchev–Trinajstić information content (AvgIpc) is 3.18. The summed E-state index contributed by atoms with van der Waals surface area (Å²) in [5.74, 6) is 1.73. The molecule has 0 unspecified atom stereocenters. The molecule has 0 bridgehead atoms. The highest BCUT2D eigenvalue weighted by atomic mass is 15.3. The highest BCUT2D eigenvalue weighted by Gasteiger charge is 2.26. The van der Waals surface area contributed by atoms with Gasteiger partial charge in [0.05, 0.1) is 0 Å². The van der Waals surface area contributed by atoms with Crippen molar-refractivity contribution in [1.82, 2.24) is 15.3 Å². The van der Waals surface area contributed by atoms with Crippen LogP contribution in [0.3, 0.4) is 0 Å². The van der Waals surface area contributed by atoms with Crippen LogP contribution in [0.2, 0.25) is 0 Å². The highest BCUT2D eigenvalue weighted by Crippen LogP contribution is 2.31. The number of nitrogens with one attached hydrogen (secondary N) is 1. The fourth-order valence-electron chi connectivity index (χ4n) is 2.01. The molecule has 1 aromatic heterocycles. The van der Waals surface area contributed by atoms with Gasteiger partial charge in [-0.1, -0.05) is 13.8 Å². The van der Waals surface area contributed by atoms with Gasteiger partial charge in [-0.15, -0.1) is 0 Å². The van der Waals surface area contributed by atoms with E-state index in [1.807, 2.05) is 12.4 Å². The topological polar surface area (TPSA) is 41.1 Å². The Labute approximate surface area is 116 Å². The second-order valence-electron chi connectivity index (χ2n) is 6.12. The van der Waals surface area contributed by atoms with Gasteiger partial charge in [0.2, 0.25) is 5.95 Å². The van der Waals surface area contributed by atoms with Gasteiger partial charge < -0.3 is 10.2 Å². The van der Waals surface area contributed by atoms with Gasteiger partial charge in [-0.3, -0.25) is 0 Å². The Bertz CT molecular complexity index is 382. The first-order valence-electron chi connectivity index (χ1n) is 7.37. The molecule has 106 valence electrons. The van der Waals surface area contributed by atoms with E-state index in [4.69, 9.17) is 0 Å². The van der Waals surface area contributed by atoms with Crippen LogP contribution in [0.15, 0.2) is 12.4 Å². The van der Waals surface area contributed by atoms with Crippen LogP contribution in [-0.4, -0.2) is 28.6 Å². The summed E-state index contributed by atoms with van der Waals surface area (Å²) in [5, 5.41) is 3.38. The Hall–Kier alpha value is -1.16. The standard InChI is InChI=1S/C15H26N4/c1-11(2)16-7-14-8-17-15(18-9-14)19(12(3)4)10-13-5-6-13/h8-9,11-13,16H,5-7,10H2,1-4H3. The van der Waals surface area contributed by atoms with E-state index in [9.17, 15) is 0 Å². The molecule has 4 nitrogen and oxygen atoms in total. The van der Waals surface area contributed by atoms with Crippen LogP contribution in [0, 0.1) is 5.92 Å². The van der Waals surface area contributed by atoms with E-state index < -0.39 is 0 Å². The maximum Gasteiger partial charge on any atom is 0.225 e. The summed E-state index contributed by atoms with van der Waals surface area (Å²) >= 11 is 0. The number of nitrogens with zero attached hydrogens (tertiary/aromatic N) is 3. The maximum absolute atomic E-state index is 4.53. The molecule has 2 rings (SSSR count). The quantitative estimate of drug-likeness (QED) is 0.820. The van der Waals surface area contributed by atoms with Gasteiger partial charge in [0.15, 0.2) is 0 Å². The van der Waals surface area contributed by atoms with Crippen LogP contribution in [0.25, 0.3) is 0 Å². The van der Waals surface area contributed by atoms with Crippen molar-refractivity contribution < 1.29 is 0 Å². The summed E-state index contributed by atoms with van der Waals surface area (Å²) in [6, 6.07) is 0.946. The Morgan fingerprint density at radius 2 is 1.84 bits per heavy atom. The van der Waals surface area contributed by atoms with Gasteiger partial charge in [0.25, 0.3) is 0 Å². The van der Waals surface area contributed by atoms with E-state index in [1.165, 1.54) is 12.8 Å². The van der Waals surface area contributed by atoms with E-state index >= 15 is 0 Å². The molecule has 1 aliphatic carbocycles. The molecular formula is C15H26N4. The zero-order chi connectivity index (χ0) is 13.8. The maximum atomic E-state index is 4.53. The number of rotatable bonds is 7. The normalized spacial score (nSPS) is 15.3. The van der Waals surface area contributed by atoms with E-state index in [-0.39, 0.29) is 0 Å². The van der Waals surface area contributed by atoms with E-state index in [0.29, 0.717) is 12.1 Å². The lowest BCUT2D eigenvalue weighted by Gasteiger charge is -2.26. The minimum Gasteiger partial charge on any atom is -0.338 e. The molecule has 0 aliphatic heterocycles. The molecule has 0 amide bonds. The predicted octanol–water partition coefficient (Wildman–Crippen LogP) is 2.60. The van der Waals surface area contributed by atoms with Gasteiger partial charge in [-0.05, 0) is 32.6 Å². The molecule has 0 radical (unpaired) electrons. The molecule has 1 aliphatic rings. The summed E-state index contributed by atoms with van der Waals surface area (Å²) in [7, 11) is 0. The first-order chi connectivity index (χ1) is 9.06. The van der Waals surface area contributed by atoms with Crippen molar-refractivity contribution in [1.29, 1.82) is 0 Å². The van der Waals surface area contributed by atoms with Crippen LogP contribution in [-0.2, 0) is 6.54 Å². The first kappa shape index (κ1) is 14.3. The van der Waals surface area contributed by atoms with Gasteiger partial charge in [0, 0.05) is 43.1 Å². The largest absolute Gasteiger partial charge is 0.338 e. The molecule has 1 N–H and O–H groups in total. The van der Waals surface area contributed by atoms with Gasteiger partial charge in [0.1, 0.15) is 0 Å². The summed E-state index contributed by atoms with van der Waals surface area (Å²) in [6.07, 6.45) is 6.61. The summed E-state index contributed by atoms with van der Waals surface area (Å²) in [6.45, 7) is 10.6. The average molecular weight is 262 g/mol. The minimum absolute atomic E-state index is 0.459. The molecule has 0 aromatic carbocycles. The molecule has 0 saturated heterocycles. The molecule has 0 spiro atoms. The number of anilines is 1. The summed E-state index contributed by atoms with van der Waals surface area (Å²) in [5.41, 5.74) is 1.15. The van der Waals surface area contributed by atoms with Crippen LogP contribution in [0.5, 0.6) is 0 Å². The van der Waals surface area contributed by atoms with Crippen molar-refractivity contribution in [2.24, 2.45) is 5.92 Å². The van der Waals surface area contributed by atoms with Crippen LogP contribution >= 0.6 is 0 Å². The van der Waals surface area contributed by atoms with Gasteiger partial charge >= 0.3 is 0 Å². The van der Waals surface area contributed by atoms with Crippen LogP contribution in [0.4, 0.5) is 5.95 Å². The smallest absolute Gasteiger partial charge is 0.225 e.